The molecule has 0 spiro atoms. The first-order valence-corrected chi connectivity index (χ1v) is 32.6. The van der Waals surface area contributed by atoms with E-state index in [0.29, 0.717) is 230 Å². The summed E-state index contributed by atoms with van der Waals surface area (Å²) in [5.74, 6) is 9.38. The zero-order chi connectivity index (χ0) is 68.9. The lowest BCUT2D eigenvalue weighted by molar-refractivity contribution is -0.138. The van der Waals surface area contributed by atoms with E-state index in [0.717, 1.165) is 17.1 Å². The van der Waals surface area contributed by atoms with Crippen molar-refractivity contribution in [2.75, 3.05) is 229 Å². The van der Waals surface area contributed by atoms with E-state index in [2.05, 4.69) is 53.2 Å². The SMILES string of the molecule is COCCOCCOCCN(CCOCCOCCOC)c1ccc(C#Cc2cc(CN3CCN(CC(=O)O)Cc4cccc(n4)CN(Cc4cc(C#Cc5ccc(N(CCOCCOCCOC)CCOCCOCCOC)cc5)cc(C(=O)O)n4)CC3)nc(C(=O)O)c2)cc1. The van der Waals surface area contributed by atoms with Crippen LogP contribution in [0, 0.1) is 23.7 Å². The number of rotatable bonds is 46. The number of carboxylic acids is 3. The van der Waals surface area contributed by atoms with E-state index in [1.807, 2.05) is 71.6 Å². The Morgan fingerprint density at radius 3 is 1.07 bits per heavy atom. The number of methoxy groups -OCH3 is 4. The minimum Gasteiger partial charge on any atom is -0.480 e. The molecule has 3 aromatic heterocycles. The molecule has 0 aliphatic carbocycles. The highest BCUT2D eigenvalue weighted by Crippen LogP contribution is 2.20. The molecule has 97 heavy (non-hydrogen) atoms. The minimum atomic E-state index is -1.22. The summed E-state index contributed by atoms with van der Waals surface area (Å²) in [5.41, 5.74) is 6.18. The van der Waals surface area contributed by atoms with Crippen molar-refractivity contribution in [2.24, 2.45) is 0 Å². The van der Waals surface area contributed by atoms with Crippen LogP contribution in [0.1, 0.15) is 66.0 Å². The molecule has 0 amide bonds. The van der Waals surface area contributed by atoms with Crippen LogP contribution >= 0.6 is 0 Å². The van der Waals surface area contributed by atoms with Crippen LogP contribution in [0.25, 0.3) is 0 Å². The lowest BCUT2D eigenvalue weighted by Crippen LogP contribution is -2.41. The lowest BCUT2D eigenvalue weighted by atomic mass is 10.1. The van der Waals surface area contributed by atoms with Gasteiger partial charge < -0.3 is 82.0 Å². The Labute approximate surface area is 569 Å². The maximum absolute atomic E-state index is 12.7. The van der Waals surface area contributed by atoms with Crippen LogP contribution in [0.5, 0.6) is 0 Å². The van der Waals surface area contributed by atoms with E-state index in [1.165, 1.54) is 12.1 Å². The van der Waals surface area contributed by atoms with Gasteiger partial charge in [-0.15, -0.1) is 0 Å². The highest BCUT2D eigenvalue weighted by molar-refractivity contribution is 5.86. The summed E-state index contributed by atoms with van der Waals surface area (Å²) in [6, 6.07) is 27.7. The van der Waals surface area contributed by atoms with Crippen molar-refractivity contribution < 1.29 is 86.5 Å². The first-order valence-electron chi connectivity index (χ1n) is 32.6. The Hall–Kier alpha value is -7.58. The lowest BCUT2D eigenvalue weighted by Gasteiger charge is -2.30. The first-order chi connectivity index (χ1) is 47.4. The Kier molecular flexibility index (Phi) is 38.3. The molecule has 528 valence electrons. The summed E-state index contributed by atoms with van der Waals surface area (Å²) in [6.07, 6.45) is 0. The van der Waals surface area contributed by atoms with Crippen molar-refractivity contribution in [1.82, 2.24) is 29.7 Å². The van der Waals surface area contributed by atoms with Gasteiger partial charge in [-0.25, -0.2) is 19.6 Å². The van der Waals surface area contributed by atoms with Crippen LogP contribution < -0.4 is 9.80 Å². The quantitative estimate of drug-likeness (QED) is 0.0348. The number of benzene rings is 2. The third-order valence-corrected chi connectivity index (χ3v) is 14.8. The summed E-state index contributed by atoms with van der Waals surface area (Å²) in [4.78, 5) is 62.0. The van der Waals surface area contributed by atoms with Crippen molar-refractivity contribution in [3.63, 3.8) is 0 Å². The number of pyridine rings is 3. The van der Waals surface area contributed by atoms with Gasteiger partial charge in [0, 0.05) is 141 Å². The predicted molar refractivity (Wildman–Crippen MR) is 362 cm³/mol. The molecule has 26 nitrogen and oxygen atoms in total. The molecule has 0 radical (unpaired) electrons. The monoisotopic (exact) mass is 1350 g/mol. The molecule has 4 heterocycles. The third kappa shape index (κ3) is 32.6. The van der Waals surface area contributed by atoms with E-state index < -0.39 is 17.9 Å². The highest BCUT2D eigenvalue weighted by Gasteiger charge is 2.21. The van der Waals surface area contributed by atoms with Gasteiger partial charge in [-0.05, 0) is 84.9 Å². The average Bonchev–Trinajstić information content (AvgIpc) is 1.03. The molecule has 0 atom stereocenters. The second kappa shape index (κ2) is 47.4. The van der Waals surface area contributed by atoms with Crippen LogP contribution in [-0.2, 0) is 87.8 Å². The van der Waals surface area contributed by atoms with Crippen molar-refractivity contribution in [2.45, 2.75) is 26.2 Å². The molecule has 2 aromatic carbocycles. The second-order valence-corrected chi connectivity index (χ2v) is 22.2. The molecule has 0 saturated heterocycles. The minimum absolute atomic E-state index is 0.163. The van der Waals surface area contributed by atoms with Gasteiger partial charge in [0.15, 0.2) is 0 Å². The zero-order valence-corrected chi connectivity index (χ0v) is 56.5. The van der Waals surface area contributed by atoms with Gasteiger partial charge in [-0.2, -0.15) is 0 Å². The summed E-state index contributed by atoms with van der Waals surface area (Å²) < 4.78 is 65.9. The van der Waals surface area contributed by atoms with Gasteiger partial charge in [0.05, 0.1) is 161 Å². The van der Waals surface area contributed by atoms with Gasteiger partial charge in [-0.3, -0.25) is 24.5 Å². The molecule has 26 heteroatoms. The number of anilines is 2. The van der Waals surface area contributed by atoms with E-state index in [4.69, 9.17) is 61.8 Å². The number of aliphatic carboxylic acids is 1. The van der Waals surface area contributed by atoms with E-state index >= 15 is 0 Å². The number of nitrogens with zero attached hydrogens (tertiary/aromatic N) is 8. The Morgan fingerprint density at radius 2 is 0.711 bits per heavy atom. The summed E-state index contributed by atoms with van der Waals surface area (Å²) >= 11 is 0. The largest absolute Gasteiger partial charge is 0.480 e. The summed E-state index contributed by atoms with van der Waals surface area (Å²) in [6.45, 7) is 14.2. The van der Waals surface area contributed by atoms with Gasteiger partial charge in [0.25, 0.3) is 0 Å². The molecule has 5 aromatic rings. The topological polar surface area (TPSA) is 278 Å². The first kappa shape index (κ1) is 78.4. The maximum Gasteiger partial charge on any atom is 0.354 e. The molecule has 1 aliphatic rings. The van der Waals surface area contributed by atoms with Crippen molar-refractivity contribution in [1.29, 1.82) is 0 Å². The van der Waals surface area contributed by atoms with Crippen LogP contribution in [0.15, 0.2) is 91.0 Å². The Bertz CT molecular complexity index is 3160. The molecule has 0 unspecified atom stereocenters. The number of carbonyl (C=O) groups is 3. The van der Waals surface area contributed by atoms with Crippen molar-refractivity contribution in [3.05, 3.63) is 147 Å². The van der Waals surface area contributed by atoms with Gasteiger partial charge in [0.2, 0.25) is 0 Å². The number of hydrogen-bond donors (Lipinski definition) is 3. The normalized spacial score (nSPS) is 13.0. The van der Waals surface area contributed by atoms with Crippen molar-refractivity contribution >= 4 is 29.3 Å². The van der Waals surface area contributed by atoms with E-state index in [-0.39, 0.29) is 37.6 Å². The molecular weight excluding hydrogens is 1250 g/mol. The van der Waals surface area contributed by atoms with Crippen LogP contribution in [-0.4, -0.2) is 282 Å². The van der Waals surface area contributed by atoms with Crippen LogP contribution in [0.2, 0.25) is 0 Å². The van der Waals surface area contributed by atoms with Gasteiger partial charge in [-0.1, -0.05) is 29.7 Å². The van der Waals surface area contributed by atoms with Crippen LogP contribution in [0.3, 0.4) is 0 Å². The fourth-order valence-corrected chi connectivity index (χ4v) is 9.87. The molecule has 0 fully saturated rings. The molecule has 1 aliphatic heterocycles. The molecule has 0 saturated carbocycles. The number of aromatic nitrogens is 3. The Balaban J connectivity index is 1.18. The zero-order valence-electron chi connectivity index (χ0n) is 56.5. The number of fused-ring (bicyclic) bond motifs is 2. The fraction of sp³-hybridized carbons (Fsp3) is 0.521. The van der Waals surface area contributed by atoms with Crippen molar-refractivity contribution in [3.8, 4) is 23.7 Å². The van der Waals surface area contributed by atoms with E-state index in [9.17, 15) is 29.7 Å². The average molecular weight is 1350 g/mol. The summed E-state index contributed by atoms with van der Waals surface area (Å²) in [7, 11) is 6.52. The van der Waals surface area contributed by atoms with E-state index in [1.54, 1.807) is 40.6 Å². The molecule has 2 bridgehead atoms. The molecule has 3 N–H and O–H groups in total. The second-order valence-electron chi connectivity index (χ2n) is 22.2. The smallest absolute Gasteiger partial charge is 0.354 e. The molecular formula is C71H96N8O18. The summed E-state index contributed by atoms with van der Waals surface area (Å²) in [5, 5.41) is 30.7. The number of aromatic carboxylic acids is 2. The number of ether oxygens (including phenoxy) is 12. The van der Waals surface area contributed by atoms with Gasteiger partial charge >= 0.3 is 17.9 Å². The molecule has 6 rings (SSSR count). The fourth-order valence-electron chi connectivity index (χ4n) is 9.87. The third-order valence-electron chi connectivity index (χ3n) is 14.8. The predicted octanol–water partition coefficient (Wildman–Crippen LogP) is 4.80. The van der Waals surface area contributed by atoms with Crippen LogP contribution in [0.4, 0.5) is 11.4 Å². The number of carboxylic acid groups (broad SMARTS) is 3. The number of hydrogen-bond acceptors (Lipinski definition) is 23. The standard InChI is InChI=1S/C71H96N8O18/c1-86-32-36-94-44-40-90-28-24-78(25-29-91-41-45-95-37-33-87-2)65-16-12-57(13-17-65)8-10-59-48-63(73-67(50-59)70(82)83)54-75-20-22-76(52-61-6-5-7-62(72-61)53-77(23-21-75)56-69(80)81)55-64-49-60(51-68(74-64)71(84)85)11-9-58-14-18-66(19-15-58)79(26-30-92-42-46-96-38-34-88-3)27-31-93-43-47-97-39-35-89-4/h5-7,12-19,48-51H,20-47,52-56H2,1-4H3,(H,80,81)(H,82,83)(H,84,85). The maximum atomic E-state index is 12.7. The highest BCUT2D eigenvalue weighted by atomic mass is 16.6. The Morgan fingerprint density at radius 1 is 0.392 bits per heavy atom. The van der Waals surface area contributed by atoms with Gasteiger partial charge in [0.1, 0.15) is 11.4 Å².